The van der Waals surface area contributed by atoms with Crippen LogP contribution < -0.4 is 10.5 Å². The Labute approximate surface area is 84.8 Å². The summed E-state index contributed by atoms with van der Waals surface area (Å²) < 4.78 is 26.9. The van der Waals surface area contributed by atoms with Crippen molar-refractivity contribution in [2.75, 3.05) is 19.6 Å². The highest BCUT2D eigenvalue weighted by Crippen LogP contribution is 2.43. The topological polar surface area (TPSA) is 75.4 Å². The fraction of sp³-hybridized carbons (Fsp3) is 1.00. The maximum atomic E-state index is 11.5. The average Bonchev–Trinajstić information content (AvgIpc) is 2.80. The molecule has 2 rings (SSSR count). The van der Waals surface area contributed by atoms with Crippen LogP contribution in [0.1, 0.15) is 19.8 Å². The van der Waals surface area contributed by atoms with Crippen LogP contribution in [0.25, 0.3) is 0 Å². The molecule has 0 amide bonds. The number of nitrogens with zero attached hydrogens (tertiary/aromatic N) is 1. The van der Waals surface area contributed by atoms with Crippen molar-refractivity contribution in [2.45, 2.75) is 25.3 Å². The zero-order valence-corrected chi connectivity index (χ0v) is 9.18. The summed E-state index contributed by atoms with van der Waals surface area (Å²) in [5, 5.41) is 0. The molecule has 2 fully saturated rings. The molecule has 0 spiro atoms. The largest absolute Gasteiger partial charge is 0.323 e. The molecule has 1 saturated carbocycles. The lowest BCUT2D eigenvalue weighted by molar-refractivity contribution is 0.133. The fourth-order valence-electron chi connectivity index (χ4n) is 1.97. The van der Waals surface area contributed by atoms with Crippen LogP contribution in [0.15, 0.2) is 0 Å². The minimum absolute atomic E-state index is 0.234. The molecule has 82 valence electrons. The van der Waals surface area contributed by atoms with Crippen LogP contribution in [0.3, 0.4) is 0 Å². The molecule has 2 aliphatic rings. The molecule has 0 bridgehead atoms. The van der Waals surface area contributed by atoms with E-state index in [0.29, 0.717) is 25.6 Å². The van der Waals surface area contributed by atoms with Crippen molar-refractivity contribution < 1.29 is 8.42 Å². The average molecular weight is 219 g/mol. The highest BCUT2D eigenvalue weighted by molar-refractivity contribution is 7.87. The van der Waals surface area contributed by atoms with Crippen LogP contribution in [0.5, 0.6) is 0 Å². The third kappa shape index (κ3) is 1.67. The molecule has 0 radical (unpaired) electrons. The molecule has 1 saturated heterocycles. The van der Waals surface area contributed by atoms with E-state index in [1.807, 2.05) is 0 Å². The monoisotopic (exact) mass is 219 g/mol. The predicted octanol–water partition coefficient (Wildman–Crippen LogP) is -0.736. The zero-order valence-electron chi connectivity index (χ0n) is 8.36. The first-order valence-electron chi connectivity index (χ1n) is 5.01. The lowest BCUT2D eigenvalue weighted by Gasteiger charge is -2.46. The van der Waals surface area contributed by atoms with E-state index < -0.39 is 10.2 Å². The Morgan fingerprint density at radius 2 is 2.07 bits per heavy atom. The van der Waals surface area contributed by atoms with E-state index in [1.54, 1.807) is 6.92 Å². The van der Waals surface area contributed by atoms with Crippen molar-refractivity contribution in [1.29, 1.82) is 0 Å². The van der Waals surface area contributed by atoms with Gasteiger partial charge in [-0.3, -0.25) is 0 Å². The van der Waals surface area contributed by atoms with Gasteiger partial charge < -0.3 is 5.73 Å². The van der Waals surface area contributed by atoms with Gasteiger partial charge in [-0.15, -0.1) is 0 Å². The lowest BCUT2D eigenvalue weighted by Crippen LogP contribution is -2.71. The van der Waals surface area contributed by atoms with E-state index in [1.165, 1.54) is 4.31 Å². The van der Waals surface area contributed by atoms with Gasteiger partial charge >= 0.3 is 0 Å². The maximum Gasteiger partial charge on any atom is 0.279 e. The van der Waals surface area contributed by atoms with Crippen molar-refractivity contribution >= 4 is 10.2 Å². The van der Waals surface area contributed by atoms with Gasteiger partial charge in [0.25, 0.3) is 10.2 Å². The summed E-state index contributed by atoms with van der Waals surface area (Å²) in [4.78, 5) is 0. The summed E-state index contributed by atoms with van der Waals surface area (Å²) in [5.74, 6) is 0.551. The van der Waals surface area contributed by atoms with Gasteiger partial charge in [0.15, 0.2) is 0 Å². The lowest BCUT2D eigenvalue weighted by atomic mass is 9.88. The van der Waals surface area contributed by atoms with Crippen molar-refractivity contribution in [2.24, 2.45) is 11.7 Å². The normalized spacial score (nSPS) is 27.3. The van der Waals surface area contributed by atoms with E-state index in [-0.39, 0.29) is 5.54 Å². The Hall–Kier alpha value is -0.170. The minimum Gasteiger partial charge on any atom is -0.323 e. The molecule has 3 N–H and O–H groups in total. The first kappa shape index (κ1) is 10.4. The van der Waals surface area contributed by atoms with Gasteiger partial charge in [-0.1, -0.05) is 6.92 Å². The number of nitrogens with two attached hydrogens (primary N) is 1. The summed E-state index contributed by atoms with van der Waals surface area (Å²) in [6.45, 7) is 3.16. The maximum absolute atomic E-state index is 11.5. The Morgan fingerprint density at radius 1 is 1.50 bits per heavy atom. The Balaban J connectivity index is 1.93. The van der Waals surface area contributed by atoms with Crippen LogP contribution >= 0.6 is 0 Å². The number of hydrogen-bond acceptors (Lipinski definition) is 3. The fourth-order valence-corrected chi connectivity index (χ4v) is 3.34. The number of nitrogens with one attached hydrogen (secondary N) is 1. The van der Waals surface area contributed by atoms with Gasteiger partial charge in [0.2, 0.25) is 0 Å². The molecule has 1 aliphatic carbocycles. The van der Waals surface area contributed by atoms with E-state index in [9.17, 15) is 8.42 Å². The second-order valence-electron chi connectivity index (χ2n) is 4.28. The van der Waals surface area contributed by atoms with Crippen LogP contribution in [-0.4, -0.2) is 37.9 Å². The predicted molar refractivity (Wildman–Crippen MR) is 53.8 cm³/mol. The van der Waals surface area contributed by atoms with Crippen LogP contribution in [0.4, 0.5) is 0 Å². The summed E-state index contributed by atoms with van der Waals surface area (Å²) in [6.07, 6.45) is 2.32. The van der Waals surface area contributed by atoms with E-state index in [4.69, 9.17) is 5.73 Å². The second-order valence-corrected chi connectivity index (χ2v) is 6.03. The van der Waals surface area contributed by atoms with Gasteiger partial charge in [-0.2, -0.15) is 12.7 Å². The Morgan fingerprint density at radius 3 is 2.50 bits per heavy atom. The summed E-state index contributed by atoms with van der Waals surface area (Å²) in [7, 11) is -3.25. The standard InChI is InChI=1S/C8H17N3O2S/c1-2-10-14(12,13)11-5-8(9,6-11)7-3-4-7/h7,10H,2-6,9H2,1H3. The molecule has 1 aliphatic heterocycles. The van der Waals surface area contributed by atoms with Crippen molar-refractivity contribution in [3.63, 3.8) is 0 Å². The number of hydrogen-bond donors (Lipinski definition) is 2. The SMILES string of the molecule is CCNS(=O)(=O)N1CC(N)(C2CC2)C1. The van der Waals surface area contributed by atoms with Gasteiger partial charge in [0.1, 0.15) is 0 Å². The molecular weight excluding hydrogens is 202 g/mol. The van der Waals surface area contributed by atoms with Gasteiger partial charge in [0.05, 0.1) is 0 Å². The smallest absolute Gasteiger partial charge is 0.279 e. The first-order valence-corrected chi connectivity index (χ1v) is 6.45. The molecule has 0 aromatic rings. The van der Waals surface area contributed by atoms with E-state index in [2.05, 4.69) is 4.72 Å². The van der Waals surface area contributed by atoms with Crippen molar-refractivity contribution in [3.8, 4) is 0 Å². The summed E-state index contributed by atoms with van der Waals surface area (Å²) >= 11 is 0. The molecule has 0 atom stereocenters. The molecule has 6 heteroatoms. The van der Waals surface area contributed by atoms with Crippen molar-refractivity contribution in [1.82, 2.24) is 9.03 Å². The molecule has 1 heterocycles. The van der Waals surface area contributed by atoms with Crippen molar-refractivity contribution in [3.05, 3.63) is 0 Å². The highest BCUT2D eigenvalue weighted by atomic mass is 32.2. The molecule has 14 heavy (non-hydrogen) atoms. The first-order chi connectivity index (χ1) is 6.48. The third-order valence-electron chi connectivity index (χ3n) is 3.00. The molecule has 5 nitrogen and oxygen atoms in total. The third-order valence-corrected chi connectivity index (χ3v) is 4.59. The van der Waals surface area contributed by atoms with Crippen LogP contribution in [-0.2, 0) is 10.2 Å². The van der Waals surface area contributed by atoms with E-state index >= 15 is 0 Å². The summed E-state index contributed by atoms with van der Waals surface area (Å²) in [6, 6.07) is 0. The van der Waals surface area contributed by atoms with E-state index in [0.717, 1.165) is 12.8 Å². The van der Waals surface area contributed by atoms with Crippen LogP contribution in [0.2, 0.25) is 0 Å². The van der Waals surface area contributed by atoms with Gasteiger partial charge in [-0.25, -0.2) is 4.72 Å². The molecule has 0 unspecified atom stereocenters. The van der Waals surface area contributed by atoms with Gasteiger partial charge in [-0.05, 0) is 18.8 Å². The Kier molecular flexibility index (Phi) is 2.34. The number of rotatable bonds is 4. The highest BCUT2D eigenvalue weighted by Gasteiger charge is 2.53. The molecular formula is C8H17N3O2S. The van der Waals surface area contributed by atoms with Crippen LogP contribution in [0, 0.1) is 5.92 Å². The molecule has 0 aromatic heterocycles. The quantitative estimate of drug-likeness (QED) is 0.654. The summed E-state index contributed by atoms with van der Waals surface area (Å²) in [5.41, 5.74) is 5.82. The zero-order chi connectivity index (χ0) is 10.4. The molecule has 0 aromatic carbocycles. The Bertz CT molecular complexity index is 317. The minimum atomic E-state index is -3.25. The van der Waals surface area contributed by atoms with Gasteiger partial charge in [0, 0.05) is 25.2 Å². The second kappa shape index (κ2) is 3.16.